The van der Waals surface area contributed by atoms with Crippen LogP contribution in [0.5, 0.6) is 0 Å². The van der Waals surface area contributed by atoms with E-state index in [9.17, 15) is 14.4 Å². The van der Waals surface area contributed by atoms with E-state index >= 15 is 0 Å². The molecular weight excluding hydrogens is 334 g/mol. The average molecular weight is 353 g/mol. The van der Waals surface area contributed by atoms with Gasteiger partial charge in [-0.25, -0.2) is 9.97 Å². The molecule has 3 heterocycles. The molecule has 0 atom stereocenters. The Bertz CT molecular complexity index is 899. The highest BCUT2D eigenvalue weighted by Crippen LogP contribution is 2.24. The molecule has 0 aliphatic carbocycles. The SMILES string of the molecule is CC(=O)N1CC(=O)N/C(=C\c2ncn(-c3ccccn3)c2C(C)C)C1=O. The van der Waals surface area contributed by atoms with Gasteiger partial charge in [-0.3, -0.25) is 23.9 Å². The number of carbonyl (C=O) groups excluding carboxylic acids is 3. The summed E-state index contributed by atoms with van der Waals surface area (Å²) in [5.74, 6) is -0.637. The molecule has 1 aliphatic rings. The number of nitrogens with zero attached hydrogens (tertiary/aromatic N) is 4. The molecule has 2 aromatic rings. The first-order valence-electron chi connectivity index (χ1n) is 8.21. The van der Waals surface area contributed by atoms with Gasteiger partial charge in [0, 0.05) is 13.1 Å². The van der Waals surface area contributed by atoms with E-state index in [0.717, 1.165) is 10.6 Å². The molecule has 3 rings (SSSR count). The second-order valence-corrected chi connectivity index (χ2v) is 6.24. The smallest absolute Gasteiger partial charge is 0.277 e. The third kappa shape index (κ3) is 3.26. The first kappa shape index (κ1) is 17.5. The van der Waals surface area contributed by atoms with Crippen molar-refractivity contribution in [2.24, 2.45) is 0 Å². The van der Waals surface area contributed by atoms with Gasteiger partial charge < -0.3 is 5.32 Å². The molecular formula is C18H19N5O3. The predicted molar refractivity (Wildman–Crippen MR) is 94.0 cm³/mol. The highest BCUT2D eigenvalue weighted by atomic mass is 16.2. The molecule has 3 amide bonds. The van der Waals surface area contributed by atoms with Crippen LogP contribution in [0.2, 0.25) is 0 Å². The lowest BCUT2D eigenvalue weighted by Gasteiger charge is -2.25. The molecule has 8 heteroatoms. The minimum atomic E-state index is -0.542. The quantitative estimate of drug-likeness (QED) is 0.837. The van der Waals surface area contributed by atoms with Crippen LogP contribution in [0.4, 0.5) is 0 Å². The third-order valence-electron chi connectivity index (χ3n) is 3.99. The first-order valence-corrected chi connectivity index (χ1v) is 8.21. The number of aromatic nitrogens is 3. The van der Waals surface area contributed by atoms with E-state index in [1.165, 1.54) is 13.0 Å². The molecule has 26 heavy (non-hydrogen) atoms. The molecule has 1 N–H and O–H groups in total. The number of piperazine rings is 1. The zero-order valence-corrected chi connectivity index (χ0v) is 14.8. The molecule has 0 aromatic carbocycles. The van der Waals surface area contributed by atoms with Gasteiger partial charge in [0.05, 0.1) is 11.4 Å². The second kappa shape index (κ2) is 6.91. The van der Waals surface area contributed by atoms with Crippen LogP contribution in [0, 0.1) is 0 Å². The maximum Gasteiger partial charge on any atom is 0.277 e. The summed E-state index contributed by atoms with van der Waals surface area (Å²) < 4.78 is 1.84. The zero-order valence-electron chi connectivity index (χ0n) is 14.8. The maximum absolute atomic E-state index is 12.4. The Labute approximate surface area is 150 Å². The molecule has 0 bridgehead atoms. The Morgan fingerprint density at radius 3 is 2.65 bits per heavy atom. The molecule has 0 radical (unpaired) electrons. The van der Waals surface area contributed by atoms with Crippen LogP contribution in [0.25, 0.3) is 11.9 Å². The largest absolute Gasteiger partial charge is 0.320 e. The number of carbonyl (C=O) groups is 3. The van der Waals surface area contributed by atoms with Gasteiger partial charge in [0.25, 0.3) is 5.91 Å². The maximum atomic E-state index is 12.4. The molecule has 1 fully saturated rings. The fraction of sp³-hybridized carbons (Fsp3) is 0.278. The van der Waals surface area contributed by atoms with Crippen LogP contribution in [0.15, 0.2) is 36.4 Å². The van der Waals surface area contributed by atoms with E-state index in [2.05, 4.69) is 15.3 Å². The number of pyridine rings is 1. The monoisotopic (exact) mass is 353 g/mol. The Morgan fingerprint density at radius 1 is 1.27 bits per heavy atom. The van der Waals surface area contributed by atoms with Crippen LogP contribution >= 0.6 is 0 Å². The summed E-state index contributed by atoms with van der Waals surface area (Å²) in [4.78, 5) is 45.5. The van der Waals surface area contributed by atoms with Crippen molar-refractivity contribution < 1.29 is 14.4 Å². The van der Waals surface area contributed by atoms with E-state index in [1.807, 2.05) is 36.6 Å². The van der Waals surface area contributed by atoms with Crippen molar-refractivity contribution in [1.82, 2.24) is 24.8 Å². The van der Waals surface area contributed by atoms with Gasteiger partial charge >= 0.3 is 0 Å². The van der Waals surface area contributed by atoms with E-state index in [0.29, 0.717) is 11.5 Å². The summed E-state index contributed by atoms with van der Waals surface area (Å²) in [7, 11) is 0. The van der Waals surface area contributed by atoms with Crippen LogP contribution in [0.3, 0.4) is 0 Å². The summed E-state index contributed by atoms with van der Waals surface area (Å²) in [6, 6.07) is 5.56. The van der Waals surface area contributed by atoms with Crippen molar-refractivity contribution in [2.45, 2.75) is 26.7 Å². The van der Waals surface area contributed by atoms with Gasteiger partial charge in [0.1, 0.15) is 24.4 Å². The molecule has 0 spiro atoms. The molecule has 0 saturated carbocycles. The molecule has 0 unspecified atom stereocenters. The van der Waals surface area contributed by atoms with Crippen LogP contribution in [0.1, 0.15) is 38.1 Å². The summed E-state index contributed by atoms with van der Waals surface area (Å²) >= 11 is 0. The van der Waals surface area contributed by atoms with Gasteiger partial charge in [0.2, 0.25) is 11.8 Å². The average Bonchev–Trinajstić information content (AvgIpc) is 3.02. The van der Waals surface area contributed by atoms with Crippen molar-refractivity contribution in [3.8, 4) is 5.82 Å². The Balaban J connectivity index is 2.06. The van der Waals surface area contributed by atoms with Crippen molar-refractivity contribution in [2.75, 3.05) is 6.54 Å². The van der Waals surface area contributed by atoms with E-state index in [-0.39, 0.29) is 18.2 Å². The minimum absolute atomic E-state index is 0.0321. The van der Waals surface area contributed by atoms with E-state index in [4.69, 9.17) is 0 Å². The van der Waals surface area contributed by atoms with Crippen LogP contribution < -0.4 is 5.32 Å². The van der Waals surface area contributed by atoms with Gasteiger partial charge in [0.15, 0.2) is 0 Å². The summed E-state index contributed by atoms with van der Waals surface area (Å²) in [6.07, 6.45) is 4.82. The van der Waals surface area contributed by atoms with Crippen LogP contribution in [-0.2, 0) is 14.4 Å². The summed E-state index contributed by atoms with van der Waals surface area (Å²) in [5, 5.41) is 2.53. The van der Waals surface area contributed by atoms with Crippen LogP contribution in [-0.4, -0.2) is 43.7 Å². The molecule has 2 aromatic heterocycles. The van der Waals surface area contributed by atoms with E-state index < -0.39 is 17.7 Å². The molecule has 134 valence electrons. The minimum Gasteiger partial charge on any atom is -0.320 e. The lowest BCUT2D eigenvalue weighted by Crippen LogP contribution is -2.51. The highest BCUT2D eigenvalue weighted by Gasteiger charge is 2.31. The number of rotatable bonds is 3. The fourth-order valence-corrected chi connectivity index (χ4v) is 2.83. The normalized spacial score (nSPS) is 16.3. The third-order valence-corrected chi connectivity index (χ3v) is 3.99. The van der Waals surface area contributed by atoms with Gasteiger partial charge in [-0.2, -0.15) is 0 Å². The topological polar surface area (TPSA) is 97.2 Å². The Hall–Kier alpha value is -3.29. The Morgan fingerprint density at radius 2 is 2.04 bits per heavy atom. The molecule has 1 aliphatic heterocycles. The van der Waals surface area contributed by atoms with Crippen molar-refractivity contribution in [3.63, 3.8) is 0 Å². The molecule has 8 nitrogen and oxygen atoms in total. The number of hydrogen-bond donors (Lipinski definition) is 1. The van der Waals surface area contributed by atoms with Crippen molar-refractivity contribution in [3.05, 3.63) is 47.8 Å². The number of nitrogens with one attached hydrogen (secondary N) is 1. The van der Waals surface area contributed by atoms with Crippen molar-refractivity contribution >= 4 is 23.8 Å². The Kier molecular flexibility index (Phi) is 4.66. The fourth-order valence-electron chi connectivity index (χ4n) is 2.83. The van der Waals surface area contributed by atoms with Gasteiger partial charge in [-0.15, -0.1) is 0 Å². The summed E-state index contributed by atoms with van der Waals surface area (Å²) in [6.45, 7) is 4.98. The number of amides is 3. The second-order valence-electron chi connectivity index (χ2n) is 6.24. The lowest BCUT2D eigenvalue weighted by atomic mass is 10.1. The highest BCUT2D eigenvalue weighted by molar-refractivity contribution is 6.12. The van der Waals surface area contributed by atoms with Gasteiger partial charge in [-0.1, -0.05) is 19.9 Å². The van der Waals surface area contributed by atoms with Gasteiger partial charge in [-0.05, 0) is 24.1 Å². The lowest BCUT2D eigenvalue weighted by molar-refractivity contribution is -0.147. The predicted octanol–water partition coefficient (Wildman–Crippen LogP) is 1.24. The number of hydrogen-bond acceptors (Lipinski definition) is 5. The summed E-state index contributed by atoms with van der Waals surface area (Å²) in [5.41, 5.74) is 1.42. The number of imidazole rings is 1. The first-order chi connectivity index (χ1) is 12.4. The number of imide groups is 1. The van der Waals surface area contributed by atoms with Crippen molar-refractivity contribution in [1.29, 1.82) is 0 Å². The molecule has 1 saturated heterocycles. The van der Waals surface area contributed by atoms with E-state index in [1.54, 1.807) is 12.5 Å². The zero-order chi connectivity index (χ0) is 18.8. The standard InChI is InChI=1S/C18H19N5O3/c1-11(2)17-13(20-10-23(17)15-6-4-5-7-19-15)8-14-18(26)22(12(3)24)9-16(25)21-14/h4-8,10-11H,9H2,1-3H3,(H,21,25)/b14-8-.